The fourth-order valence-electron chi connectivity index (χ4n) is 11.6. The van der Waals surface area contributed by atoms with Crippen LogP contribution in [0, 0.1) is 0 Å². The van der Waals surface area contributed by atoms with Gasteiger partial charge in [-0.2, -0.15) is 0 Å². The fourth-order valence-corrected chi connectivity index (χ4v) is 11.6. The van der Waals surface area contributed by atoms with Gasteiger partial charge in [0.25, 0.3) is 0 Å². The molecule has 112 heavy (non-hydrogen) atoms. The van der Waals surface area contributed by atoms with Gasteiger partial charge in [0.1, 0.15) is 56.3 Å². The molecular weight excluding hydrogens is 1500 g/mol. The van der Waals surface area contributed by atoms with Crippen LogP contribution in [0.5, 0.6) is 0 Å². The maximum atomic E-state index is 14.7. The summed E-state index contributed by atoms with van der Waals surface area (Å²) < 4.78 is 102. The number of nitrogens with one attached hydrogen (secondary N) is 7. The Morgan fingerprint density at radius 1 is 0.348 bits per heavy atom. The van der Waals surface area contributed by atoms with E-state index in [1.54, 1.807) is 24.3 Å². The summed E-state index contributed by atoms with van der Waals surface area (Å²) in [5.74, 6) is -11.2. The van der Waals surface area contributed by atoms with Crippen LogP contribution in [-0.2, 0) is 175 Å². The number of nitrogens with zero attached hydrogens (tertiary/aromatic N) is 1. The van der Waals surface area contributed by atoms with Gasteiger partial charge >= 0.3 is 53.7 Å². The van der Waals surface area contributed by atoms with Crippen LogP contribution in [0.15, 0.2) is 24.3 Å². The Labute approximate surface area is 645 Å². The zero-order valence-corrected chi connectivity index (χ0v) is 64.8. The van der Waals surface area contributed by atoms with Gasteiger partial charge in [0.15, 0.2) is 55.5 Å². The second kappa shape index (κ2) is 49.7. The van der Waals surface area contributed by atoms with Crippen molar-refractivity contribution in [1.82, 2.24) is 42.1 Å². The molecule has 42 nitrogen and oxygen atoms in total. The van der Waals surface area contributed by atoms with Crippen molar-refractivity contribution in [2.45, 2.75) is 201 Å². The van der Waals surface area contributed by atoms with E-state index in [1.165, 1.54) is 32.6 Å². The van der Waals surface area contributed by atoms with Gasteiger partial charge in [0, 0.05) is 116 Å². The normalized spacial score (nSPS) is 23.5. The van der Waals surface area contributed by atoms with Crippen molar-refractivity contribution in [3.8, 4) is 0 Å². The lowest BCUT2D eigenvalue weighted by Crippen LogP contribution is -2.66. The van der Waals surface area contributed by atoms with Gasteiger partial charge in [-0.15, -0.1) is 0 Å². The first-order valence-corrected chi connectivity index (χ1v) is 35.7. The smallest absolute Gasteiger partial charge is 0.303 e. The monoisotopic (exact) mass is 1600 g/mol. The largest absolute Gasteiger partial charge is 0.463 e. The van der Waals surface area contributed by atoms with Crippen LogP contribution < -0.4 is 37.2 Å². The van der Waals surface area contributed by atoms with Crippen LogP contribution >= 0.6 is 0 Å². The van der Waals surface area contributed by atoms with Crippen molar-refractivity contribution in [3.63, 3.8) is 0 Å². The van der Waals surface area contributed by atoms with E-state index < -0.39 is 220 Å². The van der Waals surface area contributed by atoms with E-state index in [0.717, 1.165) is 62.3 Å². The molecule has 1 aromatic carbocycles. The van der Waals surface area contributed by atoms with Crippen molar-refractivity contribution in [3.05, 3.63) is 35.4 Å². The fraction of sp³-hybridized carbons (Fsp3) is 0.686. The maximum absolute atomic E-state index is 14.7. The molecule has 3 aliphatic heterocycles. The Hall–Kier alpha value is -9.66. The molecule has 0 aromatic heterocycles. The van der Waals surface area contributed by atoms with Crippen LogP contribution in [0.1, 0.15) is 101 Å². The molecule has 4 rings (SSSR count). The molecule has 16 atom stereocenters. The zero-order valence-electron chi connectivity index (χ0n) is 64.8. The molecule has 628 valence electrons. The number of rotatable bonds is 46. The number of ether oxygens (including phenoxy) is 18. The van der Waals surface area contributed by atoms with Crippen molar-refractivity contribution >= 4 is 95.1 Å². The molecule has 7 amide bonds. The molecule has 0 spiro atoms. The molecule has 42 heteroatoms. The number of benzene rings is 1. The van der Waals surface area contributed by atoms with Crippen LogP contribution in [0.4, 0.5) is 0 Å². The highest BCUT2D eigenvalue weighted by atomic mass is 16.7. The minimum atomic E-state index is -1.41. The summed E-state index contributed by atoms with van der Waals surface area (Å²) in [6.45, 7) is 10.0. The van der Waals surface area contributed by atoms with Crippen molar-refractivity contribution in [2.24, 2.45) is 0 Å². The average Bonchev–Trinajstić information content (AvgIpc) is 0.797. The number of esters is 9. The lowest BCUT2D eigenvalue weighted by molar-refractivity contribution is -0.279. The van der Waals surface area contributed by atoms with Crippen molar-refractivity contribution in [1.29, 1.82) is 0 Å². The molecule has 1 aromatic rings. The zero-order chi connectivity index (χ0) is 83.1. The number of hydrogen-bond acceptors (Lipinski definition) is 35. The predicted octanol–water partition coefficient (Wildman–Crippen LogP) is -4.05. The van der Waals surface area contributed by atoms with E-state index >= 15 is 0 Å². The first-order chi connectivity index (χ1) is 53.0. The van der Waals surface area contributed by atoms with Gasteiger partial charge in [0.2, 0.25) is 41.4 Å². The molecule has 0 saturated carbocycles. The van der Waals surface area contributed by atoms with Crippen molar-refractivity contribution < 1.29 is 162 Å². The second-order valence-corrected chi connectivity index (χ2v) is 25.5. The molecule has 0 radical (unpaired) electrons. The Bertz CT molecular complexity index is 3210. The van der Waals surface area contributed by atoms with Crippen LogP contribution in [0.3, 0.4) is 0 Å². The minimum absolute atomic E-state index is 0.121. The predicted molar refractivity (Wildman–Crippen MR) is 374 cm³/mol. The SMILES string of the molecule is CC(=O)NCc1ccc(CC(C(=O)NCCOCCOC2OC(COC(C)=O)C(OC(C)=O)C(OC(C)=O)C2NC(C)=O)N(CC(=O)NCCOCCOC2OC(COC(C)=O)C(OC(C)=O)C(OC(C)=O)C2NC(C)=O)CC(=O)NCCOCCOC2OC(COC(C)=O)C(OC(C)=O)C(OC(C)=O)C2NC(C)=O)cc1. The van der Waals surface area contributed by atoms with E-state index in [2.05, 4.69) is 37.2 Å². The standard InChI is InChI=1S/C70H104N8O34/c1-37(79)74-31-51-16-14-50(15-17-51)30-52(67(94)73-20-23-97-26-29-100-70-60(77-40(4)82)66(109-49(13)91)63(106-46(10)88)55(112-70)36-103-43(7)85)78(32-56(92)71-18-21-95-24-27-98-68-58(75-38(2)80)64(107-47(11)89)61(104-44(8)86)53(110-68)34-101-41(5)83)33-57(93)72-19-22-96-25-28-99-69-59(76-39(3)81)65(108-48(12)90)62(105-45(9)87)54(111-69)35-102-42(6)84/h14-17,52-55,58-66,68-70H,18-36H2,1-13H3,(H,71,92)(H,72,93)(H,73,94)(H,74,79)(H,75,80)(H,76,81)(H,77,82). The molecule has 3 saturated heterocycles. The number of carbonyl (C=O) groups excluding carboxylic acids is 16. The maximum Gasteiger partial charge on any atom is 0.303 e. The summed E-state index contributed by atoms with van der Waals surface area (Å²) in [7, 11) is 0. The molecular formula is C70H104N8O34. The molecule has 3 aliphatic rings. The highest BCUT2D eigenvalue weighted by Crippen LogP contribution is 2.31. The molecule has 16 unspecified atom stereocenters. The summed E-state index contributed by atoms with van der Waals surface area (Å²) in [4.78, 5) is 203. The first kappa shape index (κ1) is 94.7. The topological polar surface area (TPSA) is 527 Å². The van der Waals surface area contributed by atoms with Gasteiger partial charge in [-0.05, 0) is 17.5 Å². The van der Waals surface area contributed by atoms with Crippen LogP contribution in [-0.4, -0.2) is 310 Å². The van der Waals surface area contributed by atoms with Crippen molar-refractivity contribution in [2.75, 3.05) is 112 Å². The van der Waals surface area contributed by atoms with Gasteiger partial charge in [-0.3, -0.25) is 81.6 Å². The average molecular weight is 1600 g/mol. The van der Waals surface area contributed by atoms with E-state index in [0.29, 0.717) is 11.1 Å². The molecule has 3 heterocycles. The Morgan fingerprint density at radius 3 is 0.929 bits per heavy atom. The van der Waals surface area contributed by atoms with Crippen LogP contribution in [0.25, 0.3) is 0 Å². The van der Waals surface area contributed by atoms with E-state index in [-0.39, 0.29) is 98.0 Å². The quantitative estimate of drug-likeness (QED) is 0.0186. The third-order valence-electron chi connectivity index (χ3n) is 15.9. The highest BCUT2D eigenvalue weighted by Gasteiger charge is 2.54. The summed E-state index contributed by atoms with van der Waals surface area (Å²) >= 11 is 0. The summed E-state index contributed by atoms with van der Waals surface area (Å²) in [6.07, 6.45) is -16.4. The lowest BCUT2D eigenvalue weighted by Gasteiger charge is -2.44. The minimum Gasteiger partial charge on any atom is -0.463 e. The highest BCUT2D eigenvalue weighted by molar-refractivity contribution is 5.86. The van der Waals surface area contributed by atoms with Gasteiger partial charge in [-0.25, -0.2) is 0 Å². The third-order valence-corrected chi connectivity index (χ3v) is 15.9. The summed E-state index contributed by atoms with van der Waals surface area (Å²) in [5, 5.41) is 18.7. The third kappa shape index (κ3) is 35.8. The van der Waals surface area contributed by atoms with Crippen LogP contribution in [0.2, 0.25) is 0 Å². The van der Waals surface area contributed by atoms with E-state index in [4.69, 9.17) is 85.3 Å². The number of amides is 7. The van der Waals surface area contributed by atoms with E-state index in [1.807, 2.05) is 0 Å². The summed E-state index contributed by atoms with van der Waals surface area (Å²) in [6, 6.07) is 1.69. The molecule has 0 bridgehead atoms. The lowest BCUT2D eigenvalue weighted by atomic mass is 9.96. The summed E-state index contributed by atoms with van der Waals surface area (Å²) in [5.41, 5.74) is 1.25. The van der Waals surface area contributed by atoms with Gasteiger partial charge < -0.3 is 122 Å². The Balaban J connectivity index is 1.55. The first-order valence-electron chi connectivity index (χ1n) is 35.7. The van der Waals surface area contributed by atoms with Gasteiger partial charge in [0.05, 0.1) is 78.6 Å². The van der Waals surface area contributed by atoms with E-state index in [9.17, 15) is 76.7 Å². The Morgan fingerprint density at radius 2 is 0.643 bits per heavy atom. The molecule has 3 fully saturated rings. The Kier molecular flexibility index (Phi) is 42.0. The molecule has 0 aliphatic carbocycles. The van der Waals surface area contributed by atoms with Gasteiger partial charge in [-0.1, -0.05) is 24.3 Å². The second-order valence-electron chi connectivity index (χ2n) is 25.5. The number of carbonyl (C=O) groups is 16. The number of hydrogen-bond donors (Lipinski definition) is 7. The molecule has 7 N–H and O–H groups in total.